The monoisotopic (exact) mass is 357 g/mol. The molecule has 0 aliphatic heterocycles. The number of para-hydroxylation sites is 1. The lowest BCUT2D eigenvalue weighted by Gasteiger charge is -2.60. The molecule has 4 saturated carbocycles. The standard InChI is InChI=1S/C20H23NO3S/c22-18(24-11-17-21-15-3-1-2-4-16(15)25-17)10-19-6-13-5-14(7-19)9-20(23,8-13)12-19/h1-4,13-14,23H,5-12H2/t13-,14+,19?,20?. The number of thiazole rings is 1. The molecule has 0 saturated heterocycles. The fraction of sp³-hybridized carbons (Fsp3) is 0.600. The summed E-state index contributed by atoms with van der Waals surface area (Å²) >= 11 is 1.58. The molecule has 132 valence electrons. The lowest BCUT2D eigenvalue weighted by atomic mass is 9.47. The van der Waals surface area contributed by atoms with Crippen molar-refractivity contribution >= 4 is 27.5 Å². The van der Waals surface area contributed by atoms with Crippen LogP contribution >= 0.6 is 11.3 Å². The molecule has 2 unspecified atom stereocenters. The summed E-state index contributed by atoms with van der Waals surface area (Å²) in [5.74, 6) is 1.07. The zero-order valence-corrected chi connectivity index (χ0v) is 15.1. The molecule has 1 aromatic carbocycles. The third kappa shape index (κ3) is 2.87. The molecular formula is C20H23NO3S. The highest BCUT2D eigenvalue weighted by Crippen LogP contribution is 2.62. The van der Waals surface area contributed by atoms with E-state index in [0.717, 1.165) is 47.3 Å². The average Bonchev–Trinajstić information content (AvgIpc) is 2.93. The van der Waals surface area contributed by atoms with Gasteiger partial charge in [0.25, 0.3) is 0 Å². The first-order valence-electron chi connectivity index (χ1n) is 9.23. The van der Waals surface area contributed by atoms with E-state index in [1.54, 1.807) is 11.3 Å². The number of carbonyl (C=O) groups excluding carboxylic acids is 1. The van der Waals surface area contributed by atoms with Gasteiger partial charge >= 0.3 is 5.97 Å². The van der Waals surface area contributed by atoms with Gasteiger partial charge in [-0.1, -0.05) is 12.1 Å². The Labute approximate surface area is 151 Å². The Morgan fingerprint density at radius 2 is 2.00 bits per heavy atom. The van der Waals surface area contributed by atoms with Crippen LogP contribution in [0.5, 0.6) is 0 Å². The third-order valence-electron chi connectivity index (χ3n) is 6.37. The Kier molecular flexibility index (Phi) is 3.48. The van der Waals surface area contributed by atoms with E-state index in [9.17, 15) is 9.90 Å². The second-order valence-corrected chi connectivity index (χ2v) is 9.71. The summed E-state index contributed by atoms with van der Waals surface area (Å²) in [6.45, 7) is 0.255. The van der Waals surface area contributed by atoms with Gasteiger partial charge in [-0.05, 0) is 67.9 Å². The van der Waals surface area contributed by atoms with Crippen LogP contribution in [0.4, 0.5) is 0 Å². The van der Waals surface area contributed by atoms with Crippen LogP contribution in [0.2, 0.25) is 0 Å². The lowest BCUT2D eigenvalue weighted by molar-refractivity contribution is -0.177. The van der Waals surface area contributed by atoms with Gasteiger partial charge in [0.15, 0.2) is 0 Å². The Hall–Kier alpha value is -1.46. The zero-order valence-electron chi connectivity index (χ0n) is 14.2. The Balaban J connectivity index is 1.25. The number of hydrogen-bond donors (Lipinski definition) is 1. The van der Waals surface area contributed by atoms with E-state index in [4.69, 9.17) is 4.74 Å². The number of hydrogen-bond acceptors (Lipinski definition) is 5. The molecule has 0 spiro atoms. The SMILES string of the molecule is O=C(CC12C[C@@H]3C[C@@H](CC(O)(C3)C1)C2)OCc1nc2ccccc2s1. The minimum Gasteiger partial charge on any atom is -0.458 e. The smallest absolute Gasteiger partial charge is 0.306 e. The third-order valence-corrected chi connectivity index (χ3v) is 7.38. The van der Waals surface area contributed by atoms with E-state index in [1.165, 1.54) is 6.42 Å². The fourth-order valence-corrected chi connectivity index (χ4v) is 6.97. The summed E-state index contributed by atoms with van der Waals surface area (Å²) in [5.41, 5.74) is 0.419. The van der Waals surface area contributed by atoms with Crippen LogP contribution in [0.25, 0.3) is 10.2 Å². The highest BCUT2D eigenvalue weighted by Gasteiger charge is 2.57. The van der Waals surface area contributed by atoms with Crippen molar-refractivity contribution in [3.8, 4) is 0 Å². The van der Waals surface area contributed by atoms with E-state index in [-0.39, 0.29) is 18.0 Å². The second-order valence-electron chi connectivity index (χ2n) is 8.60. The fourth-order valence-electron chi connectivity index (χ4n) is 6.09. The molecule has 4 fully saturated rings. The number of fused-ring (bicyclic) bond motifs is 1. The first kappa shape index (κ1) is 15.8. The molecule has 1 aromatic heterocycles. The highest BCUT2D eigenvalue weighted by atomic mass is 32.1. The van der Waals surface area contributed by atoms with Crippen LogP contribution in [0.1, 0.15) is 50.0 Å². The molecule has 2 aromatic rings. The first-order chi connectivity index (χ1) is 12.0. The Bertz CT molecular complexity index is 782. The molecule has 4 aliphatic rings. The first-order valence-corrected chi connectivity index (χ1v) is 10.1. The topological polar surface area (TPSA) is 59.4 Å². The minimum absolute atomic E-state index is 0.0243. The van der Waals surface area contributed by atoms with Crippen molar-refractivity contribution in [2.24, 2.45) is 17.3 Å². The van der Waals surface area contributed by atoms with E-state index < -0.39 is 5.60 Å². The summed E-state index contributed by atoms with van der Waals surface area (Å²) in [6, 6.07) is 7.98. The number of aliphatic hydroxyl groups is 1. The maximum absolute atomic E-state index is 12.5. The van der Waals surface area contributed by atoms with Crippen molar-refractivity contribution in [2.45, 2.75) is 57.2 Å². The number of rotatable bonds is 4. The molecule has 25 heavy (non-hydrogen) atoms. The number of carbonyl (C=O) groups is 1. The molecule has 4 bridgehead atoms. The normalized spacial score (nSPS) is 36.0. The second kappa shape index (κ2) is 5.52. The van der Waals surface area contributed by atoms with Crippen LogP contribution in [0, 0.1) is 17.3 Å². The molecular weight excluding hydrogens is 334 g/mol. The maximum atomic E-state index is 12.5. The summed E-state index contributed by atoms with van der Waals surface area (Å²) < 4.78 is 6.68. The van der Waals surface area contributed by atoms with Gasteiger partial charge in [-0.15, -0.1) is 11.3 Å². The van der Waals surface area contributed by atoms with Crippen molar-refractivity contribution in [2.75, 3.05) is 0 Å². The summed E-state index contributed by atoms with van der Waals surface area (Å²) in [4.78, 5) is 17.0. The van der Waals surface area contributed by atoms with E-state index in [0.29, 0.717) is 18.3 Å². The molecule has 1 heterocycles. The van der Waals surface area contributed by atoms with Crippen LogP contribution < -0.4 is 0 Å². The van der Waals surface area contributed by atoms with Crippen molar-refractivity contribution in [1.29, 1.82) is 0 Å². The Morgan fingerprint density at radius 3 is 2.72 bits per heavy atom. The van der Waals surface area contributed by atoms with E-state index in [1.807, 2.05) is 24.3 Å². The van der Waals surface area contributed by atoms with Crippen molar-refractivity contribution in [3.63, 3.8) is 0 Å². The predicted molar refractivity (Wildman–Crippen MR) is 96.1 cm³/mol. The van der Waals surface area contributed by atoms with Gasteiger partial charge in [0.1, 0.15) is 11.6 Å². The molecule has 4 nitrogen and oxygen atoms in total. The molecule has 6 rings (SSSR count). The van der Waals surface area contributed by atoms with Crippen LogP contribution in [0.3, 0.4) is 0 Å². The van der Waals surface area contributed by atoms with Gasteiger partial charge in [-0.25, -0.2) is 4.98 Å². The predicted octanol–water partition coefficient (Wildman–Crippen LogP) is 4.06. The number of esters is 1. The summed E-state index contributed by atoms with van der Waals surface area (Å²) in [7, 11) is 0. The quantitative estimate of drug-likeness (QED) is 0.838. The van der Waals surface area contributed by atoms with Gasteiger partial charge in [-0.2, -0.15) is 0 Å². The highest BCUT2D eigenvalue weighted by molar-refractivity contribution is 7.18. The number of ether oxygens (including phenoxy) is 1. The molecule has 0 radical (unpaired) electrons. The number of benzene rings is 1. The lowest BCUT2D eigenvalue weighted by Crippen LogP contribution is -2.56. The molecule has 1 N–H and O–H groups in total. The van der Waals surface area contributed by atoms with Crippen LogP contribution in [0.15, 0.2) is 24.3 Å². The van der Waals surface area contributed by atoms with Crippen molar-refractivity contribution < 1.29 is 14.6 Å². The van der Waals surface area contributed by atoms with E-state index >= 15 is 0 Å². The number of nitrogens with zero attached hydrogens (tertiary/aromatic N) is 1. The average molecular weight is 357 g/mol. The minimum atomic E-state index is -0.516. The number of aromatic nitrogens is 1. The van der Waals surface area contributed by atoms with Gasteiger partial charge in [0.2, 0.25) is 0 Å². The van der Waals surface area contributed by atoms with Gasteiger partial charge in [-0.3, -0.25) is 4.79 Å². The van der Waals surface area contributed by atoms with Gasteiger partial charge in [0.05, 0.1) is 22.2 Å². The summed E-state index contributed by atoms with van der Waals surface area (Å²) in [6.07, 6.45) is 6.52. The van der Waals surface area contributed by atoms with Crippen molar-refractivity contribution in [3.05, 3.63) is 29.3 Å². The molecule has 5 heteroatoms. The van der Waals surface area contributed by atoms with Crippen molar-refractivity contribution in [1.82, 2.24) is 4.98 Å². The molecule has 4 aliphatic carbocycles. The maximum Gasteiger partial charge on any atom is 0.306 e. The zero-order chi connectivity index (χ0) is 17.1. The van der Waals surface area contributed by atoms with E-state index in [2.05, 4.69) is 4.98 Å². The van der Waals surface area contributed by atoms with Gasteiger partial charge < -0.3 is 9.84 Å². The Morgan fingerprint density at radius 1 is 1.24 bits per heavy atom. The van der Waals surface area contributed by atoms with Crippen LogP contribution in [-0.2, 0) is 16.1 Å². The van der Waals surface area contributed by atoms with Crippen LogP contribution in [-0.4, -0.2) is 21.7 Å². The largest absolute Gasteiger partial charge is 0.458 e. The van der Waals surface area contributed by atoms with Gasteiger partial charge in [0, 0.05) is 0 Å². The molecule has 4 atom stereocenters. The summed E-state index contributed by atoms with van der Waals surface area (Å²) in [5, 5.41) is 11.7. The molecule has 0 amide bonds.